The van der Waals surface area contributed by atoms with E-state index in [0.29, 0.717) is 25.1 Å². The summed E-state index contributed by atoms with van der Waals surface area (Å²) in [6.07, 6.45) is 1.14. The average molecular weight is 301 g/mol. The maximum atomic E-state index is 11.9. The number of rotatable bonds is 5. The molecule has 0 aromatic heterocycles. The Bertz CT molecular complexity index is 396. The molecular weight excluding hydrogens is 284 g/mol. The van der Waals surface area contributed by atoms with Gasteiger partial charge in [0.15, 0.2) is 0 Å². The quantitative estimate of drug-likeness (QED) is 0.906. The molecule has 1 aromatic carbocycles. The summed E-state index contributed by atoms with van der Waals surface area (Å²) in [7, 11) is 3.33. The Morgan fingerprint density at radius 3 is 2.82 bits per heavy atom. The minimum Gasteiger partial charge on any atom is -0.495 e. The second kappa shape index (κ2) is 6.61. The standard InChI is InChI=1S/C12H17BrN2O2/c1-15(12(16)4-3-7-14)10-8-9(13)5-6-11(10)17-2/h5-6,8H,3-4,7,14H2,1-2H3. The first-order valence-corrected chi connectivity index (χ1v) is 6.19. The van der Waals surface area contributed by atoms with Crippen LogP contribution in [0.3, 0.4) is 0 Å². The molecule has 0 spiro atoms. The molecule has 2 N–H and O–H groups in total. The molecule has 0 heterocycles. The monoisotopic (exact) mass is 300 g/mol. The van der Waals surface area contributed by atoms with Crippen LogP contribution in [0.1, 0.15) is 12.8 Å². The summed E-state index contributed by atoms with van der Waals surface area (Å²) < 4.78 is 6.15. The smallest absolute Gasteiger partial charge is 0.226 e. The van der Waals surface area contributed by atoms with Crippen molar-refractivity contribution >= 4 is 27.5 Å². The third-order valence-corrected chi connectivity index (χ3v) is 2.96. The van der Waals surface area contributed by atoms with Gasteiger partial charge in [-0.25, -0.2) is 0 Å². The number of nitrogens with zero attached hydrogens (tertiary/aromatic N) is 1. The van der Waals surface area contributed by atoms with Crippen molar-refractivity contribution in [1.29, 1.82) is 0 Å². The lowest BCUT2D eigenvalue weighted by Crippen LogP contribution is -2.27. The molecule has 1 rings (SSSR count). The van der Waals surface area contributed by atoms with Gasteiger partial charge in [-0.15, -0.1) is 0 Å². The van der Waals surface area contributed by atoms with Gasteiger partial charge < -0.3 is 15.4 Å². The van der Waals surface area contributed by atoms with E-state index in [1.54, 1.807) is 19.1 Å². The van der Waals surface area contributed by atoms with Crippen molar-refractivity contribution in [2.45, 2.75) is 12.8 Å². The lowest BCUT2D eigenvalue weighted by molar-refractivity contribution is -0.118. The fourth-order valence-electron chi connectivity index (χ4n) is 1.48. The van der Waals surface area contributed by atoms with E-state index >= 15 is 0 Å². The first-order valence-electron chi connectivity index (χ1n) is 5.40. The van der Waals surface area contributed by atoms with Crippen molar-refractivity contribution in [3.8, 4) is 5.75 Å². The Labute approximate surface area is 110 Å². The van der Waals surface area contributed by atoms with E-state index < -0.39 is 0 Å². The molecule has 0 unspecified atom stereocenters. The highest BCUT2D eigenvalue weighted by atomic mass is 79.9. The predicted molar refractivity (Wildman–Crippen MR) is 72.4 cm³/mol. The number of ether oxygens (including phenoxy) is 1. The van der Waals surface area contributed by atoms with E-state index in [4.69, 9.17) is 10.5 Å². The highest BCUT2D eigenvalue weighted by Gasteiger charge is 2.14. The maximum absolute atomic E-state index is 11.9. The van der Waals surface area contributed by atoms with Crippen molar-refractivity contribution in [2.75, 3.05) is 25.6 Å². The number of nitrogens with two attached hydrogens (primary N) is 1. The van der Waals surface area contributed by atoms with Crippen LogP contribution in [0.4, 0.5) is 5.69 Å². The Morgan fingerprint density at radius 1 is 1.53 bits per heavy atom. The van der Waals surface area contributed by atoms with Crippen LogP contribution in [0.25, 0.3) is 0 Å². The zero-order chi connectivity index (χ0) is 12.8. The number of anilines is 1. The van der Waals surface area contributed by atoms with Crippen LogP contribution < -0.4 is 15.4 Å². The first-order chi connectivity index (χ1) is 8.10. The molecule has 0 aliphatic rings. The van der Waals surface area contributed by atoms with Crippen molar-refractivity contribution in [3.05, 3.63) is 22.7 Å². The summed E-state index contributed by atoms with van der Waals surface area (Å²) in [6, 6.07) is 5.56. The molecule has 0 aliphatic heterocycles. The number of methoxy groups -OCH3 is 1. The number of hydrogen-bond donors (Lipinski definition) is 1. The molecule has 1 amide bonds. The normalized spacial score (nSPS) is 10.1. The fraction of sp³-hybridized carbons (Fsp3) is 0.417. The number of carbonyl (C=O) groups excluding carboxylic acids is 1. The summed E-state index contributed by atoms with van der Waals surface area (Å²) in [5.74, 6) is 0.712. The summed E-state index contributed by atoms with van der Waals surface area (Å²) in [6.45, 7) is 0.523. The van der Waals surface area contributed by atoms with Crippen molar-refractivity contribution in [1.82, 2.24) is 0 Å². The van der Waals surface area contributed by atoms with Gasteiger partial charge in [-0.2, -0.15) is 0 Å². The molecule has 5 heteroatoms. The molecule has 0 bridgehead atoms. The number of benzene rings is 1. The number of hydrogen-bond acceptors (Lipinski definition) is 3. The molecule has 4 nitrogen and oxygen atoms in total. The molecule has 0 atom stereocenters. The van der Waals surface area contributed by atoms with E-state index in [-0.39, 0.29) is 5.91 Å². The molecule has 17 heavy (non-hydrogen) atoms. The second-order valence-electron chi connectivity index (χ2n) is 3.66. The highest BCUT2D eigenvalue weighted by Crippen LogP contribution is 2.30. The Balaban J connectivity index is 2.90. The second-order valence-corrected chi connectivity index (χ2v) is 4.58. The van der Waals surface area contributed by atoms with Gasteiger partial charge in [-0.05, 0) is 31.2 Å². The predicted octanol–water partition coefficient (Wildman–Crippen LogP) is 2.16. The van der Waals surface area contributed by atoms with Gasteiger partial charge in [0.25, 0.3) is 0 Å². The molecule has 0 aliphatic carbocycles. The van der Waals surface area contributed by atoms with Gasteiger partial charge in [0.05, 0.1) is 12.8 Å². The number of carbonyl (C=O) groups is 1. The molecule has 0 radical (unpaired) electrons. The third-order valence-electron chi connectivity index (χ3n) is 2.47. The van der Waals surface area contributed by atoms with E-state index in [1.807, 2.05) is 18.2 Å². The molecule has 0 saturated heterocycles. The third kappa shape index (κ3) is 3.71. The molecule has 0 saturated carbocycles. The van der Waals surface area contributed by atoms with Crippen molar-refractivity contribution in [3.63, 3.8) is 0 Å². The van der Waals surface area contributed by atoms with Gasteiger partial charge in [0.1, 0.15) is 5.75 Å². The number of halogens is 1. The molecule has 0 fully saturated rings. The SMILES string of the molecule is COc1ccc(Br)cc1N(C)C(=O)CCCN. The van der Waals surface area contributed by atoms with E-state index in [1.165, 1.54) is 0 Å². The minimum absolute atomic E-state index is 0.0341. The van der Waals surface area contributed by atoms with Gasteiger partial charge in [0.2, 0.25) is 5.91 Å². The van der Waals surface area contributed by atoms with Crippen molar-refractivity contribution in [2.24, 2.45) is 5.73 Å². The topological polar surface area (TPSA) is 55.6 Å². The van der Waals surface area contributed by atoms with Crippen LogP contribution >= 0.6 is 15.9 Å². The van der Waals surface area contributed by atoms with E-state index in [9.17, 15) is 4.79 Å². The average Bonchev–Trinajstić information content (AvgIpc) is 2.34. The summed E-state index contributed by atoms with van der Waals surface area (Å²) >= 11 is 3.38. The minimum atomic E-state index is 0.0341. The summed E-state index contributed by atoms with van der Waals surface area (Å²) in [4.78, 5) is 13.5. The van der Waals surface area contributed by atoms with Crippen LogP contribution in [-0.2, 0) is 4.79 Å². The summed E-state index contributed by atoms with van der Waals surface area (Å²) in [5, 5.41) is 0. The van der Waals surface area contributed by atoms with Gasteiger partial charge >= 0.3 is 0 Å². The Kier molecular flexibility index (Phi) is 5.44. The van der Waals surface area contributed by atoms with E-state index in [0.717, 1.165) is 10.2 Å². The number of amides is 1. The van der Waals surface area contributed by atoms with Gasteiger partial charge in [-0.3, -0.25) is 4.79 Å². The Hall–Kier alpha value is -1.07. The lowest BCUT2D eigenvalue weighted by Gasteiger charge is -2.20. The van der Waals surface area contributed by atoms with Crippen molar-refractivity contribution < 1.29 is 9.53 Å². The van der Waals surface area contributed by atoms with Gasteiger partial charge in [-0.1, -0.05) is 15.9 Å². The van der Waals surface area contributed by atoms with E-state index in [2.05, 4.69) is 15.9 Å². The molecule has 1 aromatic rings. The van der Waals surface area contributed by atoms with Crippen LogP contribution in [0.5, 0.6) is 5.75 Å². The zero-order valence-corrected chi connectivity index (χ0v) is 11.7. The van der Waals surface area contributed by atoms with Crippen LogP contribution in [0.2, 0.25) is 0 Å². The maximum Gasteiger partial charge on any atom is 0.226 e. The summed E-state index contributed by atoms with van der Waals surface area (Å²) in [5.41, 5.74) is 6.15. The van der Waals surface area contributed by atoms with Crippen LogP contribution in [0, 0.1) is 0 Å². The molecular formula is C12H17BrN2O2. The zero-order valence-electron chi connectivity index (χ0n) is 10.1. The van der Waals surface area contributed by atoms with Gasteiger partial charge in [0, 0.05) is 17.9 Å². The fourth-order valence-corrected chi connectivity index (χ4v) is 1.83. The van der Waals surface area contributed by atoms with Crippen LogP contribution in [-0.4, -0.2) is 26.6 Å². The highest BCUT2D eigenvalue weighted by molar-refractivity contribution is 9.10. The largest absolute Gasteiger partial charge is 0.495 e. The lowest BCUT2D eigenvalue weighted by atomic mass is 10.2. The molecule has 94 valence electrons. The Morgan fingerprint density at radius 2 is 2.24 bits per heavy atom. The first kappa shape index (κ1) is 14.0. The van der Waals surface area contributed by atoms with Crippen LogP contribution in [0.15, 0.2) is 22.7 Å².